The molecule has 1 heterocycles. The maximum atomic E-state index is 11.6. The Morgan fingerprint density at radius 1 is 1.47 bits per heavy atom. The van der Waals surface area contributed by atoms with E-state index in [0.29, 0.717) is 16.8 Å². The van der Waals surface area contributed by atoms with E-state index in [9.17, 15) is 4.79 Å². The number of halogens is 1. The highest BCUT2D eigenvalue weighted by atomic mass is 79.9. The van der Waals surface area contributed by atoms with Gasteiger partial charge in [-0.1, -0.05) is 12.1 Å². The molecule has 0 bridgehead atoms. The molecule has 1 aromatic carbocycles. The molecule has 0 saturated carbocycles. The van der Waals surface area contributed by atoms with E-state index in [1.54, 1.807) is 0 Å². The molecule has 6 heteroatoms. The minimum absolute atomic E-state index is 0.184. The maximum absolute atomic E-state index is 11.6. The van der Waals surface area contributed by atoms with Gasteiger partial charge in [0.25, 0.3) is 5.56 Å². The van der Waals surface area contributed by atoms with Crippen molar-refractivity contribution >= 4 is 27.4 Å². The minimum Gasteiger partial charge on any atom is -0.399 e. The molecule has 0 aliphatic carbocycles. The number of nitrogen functional groups attached to an aromatic ring is 1. The fraction of sp³-hybridized carbons (Fsp3) is 0.231. The summed E-state index contributed by atoms with van der Waals surface area (Å²) in [4.78, 5) is 20.3. The van der Waals surface area contributed by atoms with E-state index in [-0.39, 0.29) is 5.56 Å². The van der Waals surface area contributed by atoms with Crippen LogP contribution in [0.3, 0.4) is 0 Å². The summed E-state index contributed by atoms with van der Waals surface area (Å²) in [6.45, 7) is 3.40. The van der Waals surface area contributed by atoms with E-state index in [2.05, 4.69) is 25.9 Å². The molecule has 0 spiro atoms. The van der Waals surface area contributed by atoms with Crippen molar-refractivity contribution in [3.63, 3.8) is 0 Å². The van der Waals surface area contributed by atoms with Crippen LogP contribution in [0.25, 0.3) is 0 Å². The average Bonchev–Trinajstić information content (AvgIpc) is 2.40. The lowest BCUT2D eigenvalue weighted by Gasteiger charge is -2.22. The quantitative estimate of drug-likeness (QED) is 0.846. The molecule has 5 nitrogen and oxygen atoms in total. The summed E-state index contributed by atoms with van der Waals surface area (Å²) in [7, 11) is 0. The van der Waals surface area contributed by atoms with E-state index in [1.165, 1.54) is 6.33 Å². The number of benzene rings is 1. The van der Waals surface area contributed by atoms with Crippen molar-refractivity contribution in [2.75, 3.05) is 17.2 Å². The van der Waals surface area contributed by atoms with Gasteiger partial charge in [-0.15, -0.1) is 0 Å². The van der Waals surface area contributed by atoms with Crippen molar-refractivity contribution in [2.24, 2.45) is 0 Å². The van der Waals surface area contributed by atoms with Crippen molar-refractivity contribution in [3.8, 4) is 0 Å². The van der Waals surface area contributed by atoms with Gasteiger partial charge in [-0.05, 0) is 40.5 Å². The van der Waals surface area contributed by atoms with Crippen LogP contribution in [-0.2, 0) is 6.54 Å². The Hall–Kier alpha value is -1.82. The van der Waals surface area contributed by atoms with E-state index in [1.807, 2.05) is 36.1 Å². The van der Waals surface area contributed by atoms with Crippen molar-refractivity contribution in [1.82, 2.24) is 9.97 Å². The average molecular weight is 323 g/mol. The van der Waals surface area contributed by atoms with Crippen molar-refractivity contribution < 1.29 is 0 Å². The molecule has 100 valence electrons. The number of rotatable bonds is 4. The van der Waals surface area contributed by atoms with Gasteiger partial charge in [0.15, 0.2) is 5.82 Å². The third kappa shape index (κ3) is 3.14. The van der Waals surface area contributed by atoms with Gasteiger partial charge in [0.05, 0.1) is 6.33 Å². The van der Waals surface area contributed by atoms with Gasteiger partial charge in [0.1, 0.15) is 4.47 Å². The fourth-order valence-corrected chi connectivity index (χ4v) is 2.31. The summed E-state index contributed by atoms with van der Waals surface area (Å²) >= 11 is 3.28. The highest BCUT2D eigenvalue weighted by Crippen LogP contribution is 2.21. The molecule has 1 aromatic heterocycles. The number of aromatic amines is 1. The Bertz CT molecular complexity index is 626. The van der Waals surface area contributed by atoms with E-state index >= 15 is 0 Å². The van der Waals surface area contributed by atoms with Crippen molar-refractivity contribution in [3.05, 3.63) is 51.0 Å². The number of aromatic nitrogens is 2. The summed E-state index contributed by atoms with van der Waals surface area (Å²) in [5.74, 6) is 0.633. The first-order valence-electron chi connectivity index (χ1n) is 5.94. The van der Waals surface area contributed by atoms with Gasteiger partial charge in [0, 0.05) is 18.8 Å². The second kappa shape index (κ2) is 5.88. The molecule has 3 N–H and O–H groups in total. The fourth-order valence-electron chi connectivity index (χ4n) is 1.84. The molecule has 0 radical (unpaired) electrons. The predicted octanol–water partition coefficient (Wildman–Crippen LogP) is 2.14. The summed E-state index contributed by atoms with van der Waals surface area (Å²) in [6, 6.07) is 7.68. The van der Waals surface area contributed by atoms with E-state index < -0.39 is 0 Å². The maximum Gasteiger partial charge on any atom is 0.267 e. The summed E-state index contributed by atoms with van der Waals surface area (Å²) in [6.07, 6.45) is 1.41. The molecule has 0 atom stereocenters. The molecular weight excluding hydrogens is 308 g/mol. The van der Waals surface area contributed by atoms with E-state index in [4.69, 9.17) is 5.73 Å². The summed E-state index contributed by atoms with van der Waals surface area (Å²) < 4.78 is 0.445. The molecule has 0 saturated heterocycles. The smallest absolute Gasteiger partial charge is 0.267 e. The Morgan fingerprint density at radius 2 is 2.26 bits per heavy atom. The molecule has 0 fully saturated rings. The second-order valence-electron chi connectivity index (χ2n) is 4.13. The summed E-state index contributed by atoms with van der Waals surface area (Å²) in [5, 5.41) is 0. The van der Waals surface area contributed by atoms with Gasteiger partial charge >= 0.3 is 0 Å². The van der Waals surface area contributed by atoms with Crippen LogP contribution in [0.15, 0.2) is 39.9 Å². The van der Waals surface area contributed by atoms with Crippen LogP contribution in [-0.4, -0.2) is 16.5 Å². The summed E-state index contributed by atoms with van der Waals surface area (Å²) in [5.41, 5.74) is 7.39. The van der Waals surface area contributed by atoms with Gasteiger partial charge < -0.3 is 15.6 Å². The molecule has 19 heavy (non-hydrogen) atoms. The SMILES string of the molecule is CCN(Cc1cccc(N)c1)c1nc[nH]c(=O)c1Br. The third-order valence-corrected chi connectivity index (χ3v) is 3.50. The molecule has 0 unspecified atom stereocenters. The first-order chi connectivity index (χ1) is 9.11. The van der Waals surface area contributed by atoms with Gasteiger partial charge in [0.2, 0.25) is 0 Å². The number of nitrogens with two attached hydrogens (primary N) is 1. The van der Waals surface area contributed by atoms with Crippen LogP contribution in [0.4, 0.5) is 11.5 Å². The minimum atomic E-state index is -0.184. The van der Waals surface area contributed by atoms with E-state index in [0.717, 1.165) is 17.8 Å². The van der Waals surface area contributed by atoms with Gasteiger partial charge in [-0.3, -0.25) is 4.79 Å². The number of hydrogen-bond acceptors (Lipinski definition) is 4. The zero-order chi connectivity index (χ0) is 13.8. The Labute approximate surface area is 119 Å². The molecule has 2 rings (SSSR count). The number of nitrogens with zero attached hydrogens (tertiary/aromatic N) is 2. The number of hydrogen-bond donors (Lipinski definition) is 2. The standard InChI is InChI=1S/C13H15BrN4O/c1-2-18(7-9-4-3-5-10(15)6-9)12-11(14)13(19)17-8-16-12/h3-6,8H,2,7,15H2,1H3,(H,16,17,19). The lowest BCUT2D eigenvalue weighted by molar-refractivity contribution is 0.804. The Kier molecular flexibility index (Phi) is 4.21. The van der Waals surface area contributed by atoms with Crippen LogP contribution in [0.1, 0.15) is 12.5 Å². The zero-order valence-corrected chi connectivity index (χ0v) is 12.1. The van der Waals surface area contributed by atoms with Crippen LogP contribution in [0, 0.1) is 0 Å². The largest absolute Gasteiger partial charge is 0.399 e. The normalized spacial score (nSPS) is 10.4. The van der Waals surface area contributed by atoms with Crippen LogP contribution >= 0.6 is 15.9 Å². The first kappa shape index (κ1) is 13.6. The topological polar surface area (TPSA) is 75.0 Å². The highest BCUT2D eigenvalue weighted by Gasteiger charge is 2.13. The van der Waals surface area contributed by atoms with Gasteiger partial charge in [-0.25, -0.2) is 4.98 Å². The molecule has 0 aliphatic heterocycles. The first-order valence-corrected chi connectivity index (χ1v) is 6.73. The molecule has 0 amide bonds. The van der Waals surface area contributed by atoms with Crippen molar-refractivity contribution in [1.29, 1.82) is 0 Å². The zero-order valence-electron chi connectivity index (χ0n) is 10.6. The molecule has 0 aliphatic rings. The Balaban J connectivity index is 2.30. The lowest BCUT2D eigenvalue weighted by atomic mass is 10.2. The second-order valence-corrected chi connectivity index (χ2v) is 4.92. The molecule has 2 aromatic rings. The number of nitrogens with one attached hydrogen (secondary N) is 1. The molecular formula is C13H15BrN4O. The highest BCUT2D eigenvalue weighted by molar-refractivity contribution is 9.10. The monoisotopic (exact) mass is 322 g/mol. The Morgan fingerprint density at radius 3 is 2.95 bits per heavy atom. The van der Waals surface area contributed by atoms with Crippen LogP contribution in [0.2, 0.25) is 0 Å². The number of anilines is 2. The van der Waals surface area contributed by atoms with Crippen LogP contribution < -0.4 is 16.2 Å². The third-order valence-electron chi connectivity index (χ3n) is 2.78. The van der Waals surface area contributed by atoms with Crippen LogP contribution in [0.5, 0.6) is 0 Å². The van der Waals surface area contributed by atoms with Gasteiger partial charge in [-0.2, -0.15) is 0 Å². The number of H-pyrrole nitrogens is 1. The van der Waals surface area contributed by atoms with Crippen molar-refractivity contribution in [2.45, 2.75) is 13.5 Å². The lowest BCUT2D eigenvalue weighted by Crippen LogP contribution is -2.26. The predicted molar refractivity (Wildman–Crippen MR) is 80.1 cm³/mol.